The average Bonchev–Trinajstić information content (AvgIpc) is 2.79. The third kappa shape index (κ3) is 1.82. The van der Waals surface area contributed by atoms with Crippen LogP contribution in [-0.2, 0) is 20.3 Å². The second-order valence-corrected chi connectivity index (χ2v) is 6.90. The summed E-state index contributed by atoms with van der Waals surface area (Å²) in [6, 6.07) is 7.21. The van der Waals surface area contributed by atoms with Crippen molar-refractivity contribution >= 4 is 16.8 Å². The van der Waals surface area contributed by atoms with Crippen LogP contribution >= 0.6 is 0 Å². The summed E-state index contributed by atoms with van der Waals surface area (Å²) in [6.07, 6.45) is 0.650. The molecule has 5 nitrogen and oxygen atoms in total. The summed E-state index contributed by atoms with van der Waals surface area (Å²) in [5, 5.41) is 8.20. The normalized spacial score (nSPS) is 33.6. The van der Waals surface area contributed by atoms with Gasteiger partial charge in [-0.15, -0.1) is 0 Å². The number of azo groups is 1. The monoisotopic (exact) mass is 292 g/mol. The number of hydrogen-bond acceptors (Lipinski definition) is 5. The molecule has 0 aromatic heterocycles. The van der Waals surface area contributed by atoms with Crippen molar-refractivity contribution in [3.8, 4) is 0 Å². The number of esters is 1. The molecule has 0 unspecified atom stereocenters. The Morgan fingerprint density at radius 2 is 2.05 bits per heavy atom. The van der Waals surface area contributed by atoms with Gasteiger partial charge in [0, 0.05) is 10.8 Å². The predicted octanol–water partition coefficient (Wildman–Crippen LogP) is 2.22. The molecule has 1 aromatic carbocycles. The van der Waals surface area contributed by atoms with Gasteiger partial charge in [0.15, 0.2) is 0 Å². The maximum atomic E-state index is 12.9. The molecule has 0 saturated carbocycles. The minimum Gasteiger partial charge on any atom is -0.463 e. The van der Waals surface area contributed by atoms with Crippen molar-refractivity contribution in [3.05, 3.63) is 29.8 Å². The Bertz CT molecular complexity index is 599. The first-order valence-corrected chi connectivity index (χ1v) is 7.78. The van der Waals surface area contributed by atoms with Crippen LogP contribution in [0.1, 0.15) is 18.9 Å². The Morgan fingerprint density at radius 3 is 2.75 bits per heavy atom. The van der Waals surface area contributed by atoms with E-state index in [0.717, 1.165) is 5.56 Å². The molecule has 0 N–H and O–H groups in total. The summed E-state index contributed by atoms with van der Waals surface area (Å²) >= 11 is 0. The molecule has 0 spiro atoms. The molecule has 6 heteroatoms. The molecule has 4 atom stereocenters. The fourth-order valence-corrected chi connectivity index (χ4v) is 4.43. The number of carbonyl (C=O) groups is 1. The summed E-state index contributed by atoms with van der Waals surface area (Å²) in [7, 11) is -1.59. The first-order valence-electron chi connectivity index (χ1n) is 6.63. The first-order chi connectivity index (χ1) is 9.55. The molecule has 1 aromatic rings. The Labute approximate surface area is 119 Å². The number of cyclic esters (lactones) is 1. The molecular formula is C14H16N2O3S. The highest BCUT2D eigenvalue weighted by Gasteiger charge is 2.60. The lowest BCUT2D eigenvalue weighted by Gasteiger charge is -2.33. The van der Waals surface area contributed by atoms with Gasteiger partial charge < -0.3 is 4.74 Å². The SMILES string of the molecule is Cc1ccc([S@](=O)[C@]23N=N[C@H](C)[C@H]2CCOC3=O)cc1. The molecule has 2 heterocycles. The van der Waals surface area contributed by atoms with Gasteiger partial charge in [-0.05, 0) is 32.4 Å². The van der Waals surface area contributed by atoms with Gasteiger partial charge in [0.25, 0.3) is 4.87 Å². The average molecular weight is 292 g/mol. The van der Waals surface area contributed by atoms with Crippen LogP contribution in [0.15, 0.2) is 39.4 Å². The lowest BCUT2D eigenvalue weighted by molar-refractivity contribution is -0.152. The Hall–Kier alpha value is -1.56. The number of hydrogen-bond donors (Lipinski definition) is 0. The molecule has 1 fully saturated rings. The largest absolute Gasteiger partial charge is 0.463 e. The van der Waals surface area contributed by atoms with E-state index in [1.54, 1.807) is 12.1 Å². The van der Waals surface area contributed by atoms with Crippen LogP contribution in [0.25, 0.3) is 0 Å². The van der Waals surface area contributed by atoms with E-state index >= 15 is 0 Å². The maximum absolute atomic E-state index is 12.9. The van der Waals surface area contributed by atoms with Gasteiger partial charge in [-0.1, -0.05) is 17.7 Å². The molecule has 106 valence electrons. The number of aryl methyl sites for hydroxylation is 1. The van der Waals surface area contributed by atoms with E-state index in [2.05, 4.69) is 10.2 Å². The standard InChI is InChI=1S/C14H16N2O3S/c1-9-3-5-11(6-4-9)20(18)14-12(10(2)15-16-14)7-8-19-13(14)17/h3-6,10,12H,7-8H2,1-2H3/t10-,12-,14-,20+/m1/s1. The lowest BCUT2D eigenvalue weighted by Crippen LogP contribution is -2.52. The van der Waals surface area contributed by atoms with Gasteiger partial charge in [0.2, 0.25) is 0 Å². The van der Waals surface area contributed by atoms with E-state index in [0.29, 0.717) is 17.9 Å². The molecule has 0 bridgehead atoms. The van der Waals surface area contributed by atoms with Crippen molar-refractivity contribution in [2.75, 3.05) is 6.61 Å². The number of nitrogens with zero attached hydrogens (tertiary/aromatic N) is 2. The third-order valence-corrected chi connectivity index (χ3v) is 5.76. The van der Waals surface area contributed by atoms with Gasteiger partial charge in [0.05, 0.1) is 23.4 Å². The molecule has 2 aliphatic rings. The van der Waals surface area contributed by atoms with Crippen LogP contribution in [0.5, 0.6) is 0 Å². The highest BCUT2D eigenvalue weighted by molar-refractivity contribution is 7.87. The molecular weight excluding hydrogens is 276 g/mol. The van der Waals surface area contributed by atoms with E-state index in [1.807, 2.05) is 26.0 Å². The minimum atomic E-state index is -1.59. The zero-order chi connectivity index (χ0) is 14.3. The van der Waals surface area contributed by atoms with Crippen LogP contribution in [-0.4, -0.2) is 27.7 Å². The number of fused-ring (bicyclic) bond motifs is 1. The molecule has 1 saturated heterocycles. The molecule has 0 aliphatic carbocycles. The zero-order valence-electron chi connectivity index (χ0n) is 11.4. The van der Waals surface area contributed by atoms with Gasteiger partial charge in [-0.2, -0.15) is 10.2 Å². The highest BCUT2D eigenvalue weighted by atomic mass is 32.2. The number of rotatable bonds is 2. The summed E-state index contributed by atoms with van der Waals surface area (Å²) in [6.45, 7) is 4.21. The quantitative estimate of drug-likeness (QED) is 0.785. The van der Waals surface area contributed by atoms with Crippen LogP contribution in [0.2, 0.25) is 0 Å². The Morgan fingerprint density at radius 1 is 1.35 bits per heavy atom. The van der Waals surface area contributed by atoms with Crippen LogP contribution in [0, 0.1) is 12.8 Å². The summed E-state index contributed by atoms with van der Waals surface area (Å²) in [4.78, 5) is 11.5. The molecule has 2 aliphatic heterocycles. The summed E-state index contributed by atoms with van der Waals surface area (Å²) in [5.74, 6) is -0.661. The van der Waals surface area contributed by atoms with Crippen molar-refractivity contribution in [2.24, 2.45) is 16.1 Å². The van der Waals surface area contributed by atoms with E-state index < -0.39 is 21.6 Å². The third-order valence-electron chi connectivity index (χ3n) is 3.95. The van der Waals surface area contributed by atoms with E-state index in [9.17, 15) is 9.00 Å². The van der Waals surface area contributed by atoms with Crippen LogP contribution < -0.4 is 0 Å². The van der Waals surface area contributed by atoms with Gasteiger partial charge in [0.1, 0.15) is 0 Å². The van der Waals surface area contributed by atoms with Gasteiger partial charge >= 0.3 is 5.97 Å². The molecule has 0 amide bonds. The molecule has 20 heavy (non-hydrogen) atoms. The Kier molecular flexibility index (Phi) is 3.20. The highest BCUT2D eigenvalue weighted by Crippen LogP contribution is 2.44. The number of carbonyl (C=O) groups excluding carboxylic acids is 1. The van der Waals surface area contributed by atoms with E-state index in [1.165, 1.54) is 0 Å². The summed E-state index contributed by atoms with van der Waals surface area (Å²) in [5.41, 5.74) is 1.08. The van der Waals surface area contributed by atoms with E-state index in [-0.39, 0.29) is 12.0 Å². The lowest BCUT2D eigenvalue weighted by atomic mass is 9.89. The predicted molar refractivity (Wildman–Crippen MR) is 73.7 cm³/mol. The van der Waals surface area contributed by atoms with Crippen molar-refractivity contribution < 1.29 is 13.7 Å². The minimum absolute atomic E-state index is 0.0998. The van der Waals surface area contributed by atoms with Crippen LogP contribution in [0.4, 0.5) is 0 Å². The molecule has 0 radical (unpaired) electrons. The number of ether oxygens (including phenoxy) is 1. The van der Waals surface area contributed by atoms with Gasteiger partial charge in [-0.25, -0.2) is 4.79 Å². The topological polar surface area (TPSA) is 68.1 Å². The van der Waals surface area contributed by atoms with Gasteiger partial charge in [-0.3, -0.25) is 4.21 Å². The first kappa shape index (κ1) is 13.4. The van der Waals surface area contributed by atoms with Crippen molar-refractivity contribution in [1.29, 1.82) is 0 Å². The second kappa shape index (κ2) is 4.77. The fourth-order valence-electron chi connectivity index (χ4n) is 2.76. The Balaban J connectivity index is 2.05. The van der Waals surface area contributed by atoms with Crippen molar-refractivity contribution in [2.45, 2.75) is 36.1 Å². The number of benzene rings is 1. The smallest absolute Gasteiger partial charge is 0.349 e. The zero-order valence-corrected chi connectivity index (χ0v) is 12.2. The molecule has 3 rings (SSSR count). The van der Waals surface area contributed by atoms with Crippen molar-refractivity contribution in [1.82, 2.24) is 0 Å². The van der Waals surface area contributed by atoms with E-state index in [4.69, 9.17) is 4.74 Å². The maximum Gasteiger partial charge on any atom is 0.349 e. The summed E-state index contributed by atoms with van der Waals surface area (Å²) < 4.78 is 18.1. The fraction of sp³-hybridized carbons (Fsp3) is 0.500. The van der Waals surface area contributed by atoms with Crippen molar-refractivity contribution in [3.63, 3.8) is 0 Å². The van der Waals surface area contributed by atoms with Crippen LogP contribution in [0.3, 0.4) is 0 Å². The second-order valence-electron chi connectivity index (χ2n) is 5.27.